The third-order valence-corrected chi connectivity index (χ3v) is 15.6. The smallest absolute Gasteiger partial charge is 0.136 e. The van der Waals surface area contributed by atoms with Crippen LogP contribution in [0.4, 0.5) is 0 Å². The minimum Gasteiger partial charge on any atom is -0.456 e. The molecule has 4 atom stereocenters. The number of hydrogen-bond donors (Lipinski definition) is 0. The minimum absolute atomic E-state index is 0.102. The van der Waals surface area contributed by atoms with E-state index in [1.165, 1.54) is 92.3 Å². The molecule has 0 spiro atoms. The number of nitrogens with zero attached hydrogens (tertiary/aromatic N) is 1. The van der Waals surface area contributed by atoms with Gasteiger partial charge in [-0.15, -0.1) is 11.3 Å². The Labute approximate surface area is 367 Å². The molecular formula is C59H47NOS. The Kier molecular flexibility index (Phi) is 8.73. The standard InChI is InChI=1S/C59H47NOS/c1-4-59-55(40-17-9-6-10-18-40)36(2)37(3)57(41-27-25-39(26-28-41)38-15-7-5-8-16-38)60-58(59)56(59)48-22-14-23-50-54(48)47-31-29-45(35-51(47)61-50)43-20-13-19-42(33-43)44-30-32-53-49(34-44)46-21-11-12-24-52(46)62-53/h6-7,9-35,37,56,58H,4-5,8H2,1-3H3. The number of benzene rings is 7. The molecule has 0 saturated heterocycles. The SMILES string of the molecule is CCC12C(c3ccccc3)=C(C)C(C)C(c3ccc(C4=CCCC=C4)cc3)=NC1C2c1cccc2oc3cc(-c4cccc(-c5ccc6sc7ccccc7c6c5)c4)ccc3c12. The maximum absolute atomic E-state index is 6.82. The fourth-order valence-electron chi connectivity index (χ4n) is 11.2. The van der Waals surface area contributed by atoms with Crippen LogP contribution in [0.25, 0.3) is 75.5 Å². The Morgan fingerprint density at radius 1 is 0.613 bits per heavy atom. The van der Waals surface area contributed by atoms with Crippen LogP contribution in [0.1, 0.15) is 68.2 Å². The molecule has 0 bridgehead atoms. The molecule has 2 nitrogen and oxygen atoms in total. The summed E-state index contributed by atoms with van der Waals surface area (Å²) < 4.78 is 9.48. The van der Waals surface area contributed by atoms with Gasteiger partial charge in [-0.1, -0.05) is 153 Å². The maximum Gasteiger partial charge on any atom is 0.136 e. The monoisotopic (exact) mass is 817 g/mol. The molecule has 0 N–H and O–H groups in total. The van der Waals surface area contributed by atoms with E-state index in [-0.39, 0.29) is 23.3 Å². The number of furan rings is 1. The lowest BCUT2D eigenvalue weighted by atomic mass is 9.77. The summed E-state index contributed by atoms with van der Waals surface area (Å²) in [7, 11) is 0. The van der Waals surface area contributed by atoms with Gasteiger partial charge in [-0.2, -0.15) is 0 Å². The van der Waals surface area contributed by atoms with Gasteiger partial charge in [0.2, 0.25) is 0 Å². The lowest BCUT2D eigenvalue weighted by molar-refractivity contribution is 0.598. The highest BCUT2D eigenvalue weighted by Gasteiger charge is 2.68. The predicted octanol–water partition coefficient (Wildman–Crippen LogP) is 16.5. The van der Waals surface area contributed by atoms with Crippen molar-refractivity contribution in [1.82, 2.24) is 0 Å². The van der Waals surface area contributed by atoms with E-state index in [0.717, 1.165) is 36.0 Å². The van der Waals surface area contributed by atoms with Crippen molar-refractivity contribution in [2.45, 2.75) is 52.0 Å². The van der Waals surface area contributed by atoms with Gasteiger partial charge >= 0.3 is 0 Å². The first-order valence-electron chi connectivity index (χ1n) is 22.3. The van der Waals surface area contributed by atoms with Crippen LogP contribution < -0.4 is 0 Å². The average molecular weight is 818 g/mol. The first kappa shape index (κ1) is 37.2. The first-order chi connectivity index (χ1) is 30.5. The summed E-state index contributed by atoms with van der Waals surface area (Å²) >= 11 is 1.86. The highest BCUT2D eigenvalue weighted by Crippen LogP contribution is 2.72. The molecule has 9 aromatic rings. The molecule has 2 aromatic heterocycles. The second-order valence-electron chi connectivity index (χ2n) is 17.6. The van der Waals surface area contributed by atoms with E-state index < -0.39 is 0 Å². The molecular weight excluding hydrogens is 771 g/mol. The van der Waals surface area contributed by atoms with Gasteiger partial charge in [-0.25, -0.2) is 0 Å². The fourth-order valence-corrected chi connectivity index (χ4v) is 12.3. The number of fused-ring (bicyclic) bond motifs is 7. The van der Waals surface area contributed by atoms with Crippen molar-refractivity contribution in [2.75, 3.05) is 0 Å². The van der Waals surface area contributed by atoms with Gasteiger partial charge < -0.3 is 4.42 Å². The van der Waals surface area contributed by atoms with Crippen molar-refractivity contribution in [3.8, 4) is 22.3 Å². The quantitative estimate of drug-likeness (QED) is 0.157. The molecule has 1 aliphatic heterocycles. The van der Waals surface area contributed by atoms with E-state index >= 15 is 0 Å². The second kappa shape index (κ2) is 14.5. The zero-order valence-electron chi connectivity index (χ0n) is 35.4. The lowest BCUT2D eigenvalue weighted by Crippen LogP contribution is -2.16. The summed E-state index contributed by atoms with van der Waals surface area (Å²) in [4.78, 5) is 5.87. The number of rotatable bonds is 7. The minimum atomic E-state index is -0.143. The molecule has 300 valence electrons. The van der Waals surface area contributed by atoms with Crippen molar-refractivity contribution < 1.29 is 4.42 Å². The number of hydrogen-bond acceptors (Lipinski definition) is 3. The number of thiophene rings is 1. The zero-order chi connectivity index (χ0) is 41.5. The molecule has 2 aliphatic carbocycles. The largest absolute Gasteiger partial charge is 0.456 e. The van der Waals surface area contributed by atoms with Crippen LogP contribution in [-0.2, 0) is 0 Å². The van der Waals surface area contributed by atoms with Gasteiger partial charge in [0.15, 0.2) is 0 Å². The van der Waals surface area contributed by atoms with Crippen LogP contribution >= 0.6 is 11.3 Å². The van der Waals surface area contributed by atoms with Gasteiger partial charge in [0.25, 0.3) is 0 Å². The van der Waals surface area contributed by atoms with E-state index in [9.17, 15) is 0 Å². The topological polar surface area (TPSA) is 25.5 Å². The number of allylic oxidation sites excluding steroid dienone is 5. The highest BCUT2D eigenvalue weighted by atomic mass is 32.1. The molecule has 1 fully saturated rings. The molecule has 3 heterocycles. The van der Waals surface area contributed by atoms with Crippen molar-refractivity contribution in [2.24, 2.45) is 16.3 Å². The summed E-state index contributed by atoms with van der Waals surface area (Å²) in [6, 6.07) is 58.5. The van der Waals surface area contributed by atoms with Crippen LogP contribution in [0.5, 0.6) is 0 Å². The molecule has 7 aromatic carbocycles. The average Bonchev–Trinajstić information content (AvgIpc) is 3.59. The van der Waals surface area contributed by atoms with Crippen LogP contribution in [0, 0.1) is 11.3 Å². The summed E-state index contributed by atoms with van der Waals surface area (Å²) in [5.41, 5.74) is 17.0. The third kappa shape index (κ3) is 5.78. The first-order valence-corrected chi connectivity index (χ1v) is 23.1. The van der Waals surface area contributed by atoms with Crippen LogP contribution in [0.3, 0.4) is 0 Å². The van der Waals surface area contributed by atoms with Crippen molar-refractivity contribution in [3.63, 3.8) is 0 Å². The molecule has 4 unspecified atom stereocenters. The maximum atomic E-state index is 6.82. The van der Waals surface area contributed by atoms with Gasteiger partial charge in [-0.3, -0.25) is 4.99 Å². The second-order valence-corrected chi connectivity index (χ2v) is 18.7. The van der Waals surface area contributed by atoms with E-state index in [1.54, 1.807) is 0 Å². The summed E-state index contributed by atoms with van der Waals surface area (Å²) in [6.45, 7) is 7.11. The molecule has 0 radical (unpaired) electrons. The summed E-state index contributed by atoms with van der Waals surface area (Å²) in [6.07, 6.45) is 10.1. The number of aliphatic imine (C=N–C) groups is 1. The van der Waals surface area contributed by atoms with Crippen LogP contribution in [0.2, 0.25) is 0 Å². The molecule has 62 heavy (non-hydrogen) atoms. The molecule has 3 heteroatoms. The Morgan fingerprint density at radius 2 is 1.31 bits per heavy atom. The van der Waals surface area contributed by atoms with Gasteiger partial charge in [0.05, 0.1) is 6.04 Å². The highest BCUT2D eigenvalue weighted by molar-refractivity contribution is 7.25. The van der Waals surface area contributed by atoms with Crippen LogP contribution in [0.15, 0.2) is 191 Å². The Bertz CT molecular complexity index is 3370. The Morgan fingerprint density at radius 3 is 2.11 bits per heavy atom. The van der Waals surface area contributed by atoms with Crippen molar-refractivity contribution in [1.29, 1.82) is 0 Å². The zero-order valence-corrected chi connectivity index (χ0v) is 36.2. The Hall–Kier alpha value is -6.55. The van der Waals surface area contributed by atoms with Gasteiger partial charge in [0, 0.05) is 53.9 Å². The van der Waals surface area contributed by atoms with Crippen LogP contribution in [-0.4, -0.2) is 11.8 Å². The summed E-state index contributed by atoms with van der Waals surface area (Å²) in [5.74, 6) is 0.387. The van der Waals surface area contributed by atoms with Crippen molar-refractivity contribution >= 4 is 70.3 Å². The molecule has 1 saturated carbocycles. The van der Waals surface area contributed by atoms with E-state index in [4.69, 9.17) is 9.41 Å². The van der Waals surface area contributed by atoms with E-state index in [0.29, 0.717) is 0 Å². The molecule has 3 aliphatic rings. The molecule has 12 rings (SSSR count). The normalized spacial score (nSPS) is 21.0. The van der Waals surface area contributed by atoms with Crippen molar-refractivity contribution in [3.05, 3.63) is 204 Å². The predicted molar refractivity (Wildman–Crippen MR) is 264 cm³/mol. The van der Waals surface area contributed by atoms with Gasteiger partial charge in [-0.05, 0) is 124 Å². The third-order valence-electron chi connectivity index (χ3n) is 14.4. The Balaban J connectivity index is 0.952. The lowest BCUT2D eigenvalue weighted by Gasteiger charge is -2.26. The van der Waals surface area contributed by atoms with E-state index in [2.05, 4.69) is 197 Å². The molecule has 0 amide bonds. The van der Waals surface area contributed by atoms with Gasteiger partial charge in [0.1, 0.15) is 11.2 Å². The fraction of sp³-hybridized carbons (Fsp3) is 0.169. The van der Waals surface area contributed by atoms with E-state index in [1.807, 2.05) is 11.3 Å². The summed E-state index contributed by atoms with van der Waals surface area (Å²) in [5, 5.41) is 5.03.